The standard InChI is InChI=1S/C15H23BrN2/c1-11(2)18-9-8-13(10-18)17-12(3)14-6-4-5-7-15(14)16/h4-7,11-13,17H,8-10H2,1-3H3/t12-,13?/m0/s1. The molecule has 1 unspecified atom stereocenters. The van der Waals surface area contributed by atoms with Crippen LogP contribution < -0.4 is 5.32 Å². The number of hydrogen-bond acceptors (Lipinski definition) is 2. The van der Waals surface area contributed by atoms with E-state index in [0.29, 0.717) is 18.1 Å². The summed E-state index contributed by atoms with van der Waals surface area (Å²) in [6.07, 6.45) is 1.26. The van der Waals surface area contributed by atoms with Crippen LogP contribution in [0.1, 0.15) is 38.8 Å². The fourth-order valence-corrected chi connectivity index (χ4v) is 3.29. The van der Waals surface area contributed by atoms with Gasteiger partial charge in [-0.25, -0.2) is 0 Å². The van der Waals surface area contributed by atoms with Crippen LogP contribution in [0, 0.1) is 0 Å². The first-order chi connectivity index (χ1) is 8.58. The Bertz CT molecular complexity index is 392. The third-order valence-electron chi connectivity index (χ3n) is 3.81. The summed E-state index contributed by atoms with van der Waals surface area (Å²) in [6.45, 7) is 9.20. The summed E-state index contributed by atoms with van der Waals surface area (Å²) in [4.78, 5) is 2.55. The molecule has 0 aliphatic carbocycles. The minimum absolute atomic E-state index is 0.401. The van der Waals surface area contributed by atoms with Crippen molar-refractivity contribution in [1.82, 2.24) is 10.2 Å². The van der Waals surface area contributed by atoms with E-state index in [-0.39, 0.29) is 0 Å². The number of nitrogens with zero attached hydrogens (tertiary/aromatic N) is 1. The van der Waals surface area contributed by atoms with E-state index in [1.807, 2.05) is 0 Å². The Morgan fingerprint density at radius 1 is 1.28 bits per heavy atom. The first-order valence-electron chi connectivity index (χ1n) is 6.82. The minimum Gasteiger partial charge on any atom is -0.306 e. The van der Waals surface area contributed by atoms with Gasteiger partial charge in [0.1, 0.15) is 0 Å². The van der Waals surface area contributed by atoms with Crippen molar-refractivity contribution in [2.24, 2.45) is 0 Å². The Balaban J connectivity index is 1.93. The van der Waals surface area contributed by atoms with Gasteiger partial charge in [-0.3, -0.25) is 4.90 Å². The number of rotatable bonds is 4. The maximum Gasteiger partial charge on any atom is 0.0306 e. The van der Waals surface area contributed by atoms with E-state index in [4.69, 9.17) is 0 Å². The van der Waals surface area contributed by atoms with E-state index < -0.39 is 0 Å². The molecule has 2 atom stereocenters. The van der Waals surface area contributed by atoms with Crippen molar-refractivity contribution in [2.75, 3.05) is 13.1 Å². The quantitative estimate of drug-likeness (QED) is 0.914. The molecule has 0 radical (unpaired) electrons. The van der Waals surface area contributed by atoms with Gasteiger partial charge in [-0.1, -0.05) is 34.1 Å². The Kier molecular flexibility index (Phi) is 4.82. The highest BCUT2D eigenvalue weighted by molar-refractivity contribution is 9.10. The van der Waals surface area contributed by atoms with Gasteiger partial charge in [0.05, 0.1) is 0 Å². The maximum atomic E-state index is 3.75. The first-order valence-corrected chi connectivity index (χ1v) is 7.61. The molecule has 1 saturated heterocycles. The molecule has 0 saturated carbocycles. The van der Waals surface area contributed by atoms with Crippen LogP contribution in [-0.4, -0.2) is 30.1 Å². The minimum atomic E-state index is 0.401. The van der Waals surface area contributed by atoms with Crippen LogP contribution in [-0.2, 0) is 0 Å². The molecule has 0 bridgehead atoms. The van der Waals surface area contributed by atoms with Crippen molar-refractivity contribution in [3.8, 4) is 0 Å². The lowest BCUT2D eigenvalue weighted by Gasteiger charge is -2.23. The number of nitrogens with one attached hydrogen (secondary N) is 1. The van der Waals surface area contributed by atoms with E-state index in [1.54, 1.807) is 0 Å². The van der Waals surface area contributed by atoms with Crippen LogP contribution in [0.15, 0.2) is 28.7 Å². The molecule has 2 nitrogen and oxygen atoms in total. The third kappa shape index (κ3) is 3.34. The molecule has 2 rings (SSSR count). The Hall–Kier alpha value is -0.380. The van der Waals surface area contributed by atoms with Crippen LogP contribution >= 0.6 is 15.9 Å². The molecule has 100 valence electrons. The fourth-order valence-electron chi connectivity index (χ4n) is 2.66. The van der Waals surface area contributed by atoms with Gasteiger partial charge in [-0.2, -0.15) is 0 Å². The Labute approximate surface area is 119 Å². The molecule has 0 aromatic heterocycles. The molecule has 1 aromatic rings. The molecule has 18 heavy (non-hydrogen) atoms. The topological polar surface area (TPSA) is 15.3 Å². The monoisotopic (exact) mass is 310 g/mol. The molecule has 1 N–H and O–H groups in total. The summed E-state index contributed by atoms with van der Waals surface area (Å²) in [6, 6.07) is 10.2. The predicted molar refractivity (Wildman–Crippen MR) is 80.8 cm³/mol. The number of halogens is 1. The van der Waals surface area contributed by atoms with Crippen LogP contribution in [0.5, 0.6) is 0 Å². The maximum absolute atomic E-state index is 3.75. The number of likely N-dealkylation sites (tertiary alicyclic amines) is 1. The third-order valence-corrected chi connectivity index (χ3v) is 4.53. The Morgan fingerprint density at radius 3 is 2.61 bits per heavy atom. The highest BCUT2D eigenvalue weighted by Crippen LogP contribution is 2.24. The van der Waals surface area contributed by atoms with Gasteiger partial charge >= 0.3 is 0 Å². The largest absolute Gasteiger partial charge is 0.306 e. The highest BCUT2D eigenvalue weighted by Gasteiger charge is 2.25. The van der Waals surface area contributed by atoms with Crippen LogP contribution in [0.3, 0.4) is 0 Å². The summed E-state index contributed by atoms with van der Waals surface area (Å²) in [5, 5.41) is 3.75. The second-order valence-electron chi connectivity index (χ2n) is 5.48. The SMILES string of the molecule is CC(C)N1CCC(N[C@@H](C)c2ccccc2Br)C1. The Morgan fingerprint density at radius 2 is 2.00 bits per heavy atom. The predicted octanol–water partition coefficient (Wildman–Crippen LogP) is 3.58. The van der Waals surface area contributed by atoms with E-state index in [2.05, 4.69) is 71.2 Å². The van der Waals surface area contributed by atoms with Gasteiger partial charge < -0.3 is 5.32 Å². The highest BCUT2D eigenvalue weighted by atomic mass is 79.9. The zero-order chi connectivity index (χ0) is 13.1. The van der Waals surface area contributed by atoms with E-state index in [9.17, 15) is 0 Å². The van der Waals surface area contributed by atoms with Crippen molar-refractivity contribution in [2.45, 2.75) is 45.3 Å². The molecule has 1 aliphatic heterocycles. The zero-order valence-electron chi connectivity index (χ0n) is 11.5. The van der Waals surface area contributed by atoms with Crippen LogP contribution in [0.2, 0.25) is 0 Å². The summed E-state index contributed by atoms with van der Waals surface area (Å²) < 4.78 is 1.20. The molecule has 1 fully saturated rings. The lowest BCUT2D eigenvalue weighted by atomic mass is 10.1. The molecule has 1 aliphatic rings. The van der Waals surface area contributed by atoms with Gasteiger partial charge in [-0.15, -0.1) is 0 Å². The van der Waals surface area contributed by atoms with Crippen LogP contribution in [0.4, 0.5) is 0 Å². The summed E-state index contributed by atoms with van der Waals surface area (Å²) in [7, 11) is 0. The van der Waals surface area contributed by atoms with Gasteiger partial charge in [-0.05, 0) is 45.4 Å². The second kappa shape index (κ2) is 6.18. The normalized spacial score (nSPS) is 22.6. The number of hydrogen-bond donors (Lipinski definition) is 1. The first kappa shape index (κ1) is 14.0. The van der Waals surface area contributed by atoms with E-state index >= 15 is 0 Å². The second-order valence-corrected chi connectivity index (χ2v) is 6.34. The van der Waals surface area contributed by atoms with E-state index in [1.165, 1.54) is 29.5 Å². The summed E-state index contributed by atoms with van der Waals surface area (Å²) in [5.74, 6) is 0. The fraction of sp³-hybridized carbons (Fsp3) is 0.600. The lowest BCUT2D eigenvalue weighted by Crippen LogP contribution is -2.36. The summed E-state index contributed by atoms with van der Waals surface area (Å²) >= 11 is 3.63. The average Bonchev–Trinajstić information content (AvgIpc) is 2.78. The molecular formula is C15H23BrN2. The van der Waals surface area contributed by atoms with Gasteiger partial charge in [0.15, 0.2) is 0 Å². The van der Waals surface area contributed by atoms with Gasteiger partial charge in [0.2, 0.25) is 0 Å². The van der Waals surface area contributed by atoms with Gasteiger partial charge in [0.25, 0.3) is 0 Å². The van der Waals surface area contributed by atoms with Crippen molar-refractivity contribution < 1.29 is 0 Å². The smallest absolute Gasteiger partial charge is 0.0306 e. The van der Waals surface area contributed by atoms with Gasteiger partial charge in [0, 0.05) is 29.1 Å². The lowest BCUT2D eigenvalue weighted by molar-refractivity contribution is 0.266. The van der Waals surface area contributed by atoms with Crippen LogP contribution in [0.25, 0.3) is 0 Å². The average molecular weight is 311 g/mol. The zero-order valence-corrected chi connectivity index (χ0v) is 13.1. The van der Waals surface area contributed by atoms with Crippen molar-refractivity contribution in [3.05, 3.63) is 34.3 Å². The number of benzene rings is 1. The van der Waals surface area contributed by atoms with E-state index in [0.717, 1.165) is 0 Å². The van der Waals surface area contributed by atoms with Crippen molar-refractivity contribution >= 4 is 15.9 Å². The van der Waals surface area contributed by atoms with Crippen molar-refractivity contribution in [3.63, 3.8) is 0 Å². The molecule has 0 amide bonds. The molecule has 1 aromatic carbocycles. The molecular weight excluding hydrogens is 288 g/mol. The molecule has 0 spiro atoms. The van der Waals surface area contributed by atoms with Crippen molar-refractivity contribution in [1.29, 1.82) is 0 Å². The summed E-state index contributed by atoms with van der Waals surface area (Å²) in [5.41, 5.74) is 1.35. The molecule has 3 heteroatoms. The molecule has 1 heterocycles.